The van der Waals surface area contributed by atoms with Gasteiger partial charge in [0.1, 0.15) is 18.1 Å². The van der Waals surface area contributed by atoms with Crippen molar-refractivity contribution in [2.45, 2.75) is 26.4 Å². The Hall–Kier alpha value is -3.04. The van der Waals surface area contributed by atoms with Crippen LogP contribution in [-0.2, 0) is 14.3 Å². The summed E-state index contributed by atoms with van der Waals surface area (Å²) >= 11 is 6.83. The van der Waals surface area contributed by atoms with Crippen LogP contribution in [0.25, 0.3) is 17.4 Å². The molecule has 0 spiro atoms. The van der Waals surface area contributed by atoms with Crippen LogP contribution in [0.5, 0.6) is 0 Å². The van der Waals surface area contributed by atoms with Gasteiger partial charge in [-0.15, -0.1) is 0 Å². The minimum atomic E-state index is -1.11. The Balaban J connectivity index is 1.78. The van der Waals surface area contributed by atoms with Crippen LogP contribution in [0.15, 0.2) is 39.7 Å². The van der Waals surface area contributed by atoms with Gasteiger partial charge < -0.3 is 14.3 Å². The van der Waals surface area contributed by atoms with Crippen molar-refractivity contribution in [3.05, 3.63) is 51.6 Å². The van der Waals surface area contributed by atoms with Crippen LogP contribution in [0.2, 0.25) is 5.02 Å². The maximum Gasteiger partial charge on any atom is 0.335 e. The van der Waals surface area contributed by atoms with E-state index < -0.39 is 29.6 Å². The van der Waals surface area contributed by atoms with Crippen molar-refractivity contribution in [3.63, 3.8) is 0 Å². The number of furan rings is 1. The van der Waals surface area contributed by atoms with Crippen molar-refractivity contribution in [1.82, 2.24) is 4.90 Å². The first-order chi connectivity index (χ1) is 14.7. The Kier molecular flexibility index (Phi) is 6.87. The highest BCUT2D eigenvalue weighted by Gasteiger charge is 2.37. The maximum atomic E-state index is 12.5. The highest BCUT2D eigenvalue weighted by atomic mass is 35.5. The number of hydrogen-bond donors (Lipinski definition) is 1. The number of nitrogens with zero attached hydrogens (tertiary/aromatic N) is 1. The number of halogens is 1. The fourth-order valence-corrected chi connectivity index (χ4v) is 3.69. The summed E-state index contributed by atoms with van der Waals surface area (Å²) in [4.78, 5) is 48.7. The summed E-state index contributed by atoms with van der Waals surface area (Å²) in [7, 11) is 0. The van der Waals surface area contributed by atoms with E-state index in [2.05, 4.69) is 0 Å². The van der Waals surface area contributed by atoms with Crippen molar-refractivity contribution in [1.29, 1.82) is 0 Å². The van der Waals surface area contributed by atoms with Gasteiger partial charge in [-0.1, -0.05) is 18.5 Å². The molecule has 10 heteroatoms. The average molecular weight is 464 g/mol. The Morgan fingerprint density at radius 1 is 1.29 bits per heavy atom. The van der Waals surface area contributed by atoms with Gasteiger partial charge in [0.05, 0.1) is 21.6 Å². The number of esters is 1. The number of rotatable bonds is 7. The molecule has 1 aliphatic heterocycles. The molecular formula is C21H18ClNO7S. The van der Waals surface area contributed by atoms with Crippen molar-refractivity contribution in [2.24, 2.45) is 0 Å². The quantitative estimate of drug-likeness (QED) is 0.465. The Morgan fingerprint density at radius 3 is 2.71 bits per heavy atom. The second-order valence-electron chi connectivity index (χ2n) is 6.68. The van der Waals surface area contributed by atoms with Crippen molar-refractivity contribution in [3.8, 4) is 11.3 Å². The van der Waals surface area contributed by atoms with E-state index in [1.54, 1.807) is 19.1 Å². The molecule has 8 nitrogen and oxygen atoms in total. The summed E-state index contributed by atoms with van der Waals surface area (Å²) in [5.41, 5.74) is 0.421. The van der Waals surface area contributed by atoms with Gasteiger partial charge in [0.25, 0.3) is 11.1 Å². The summed E-state index contributed by atoms with van der Waals surface area (Å²) in [5.74, 6) is -1.83. The molecule has 2 aromatic rings. The molecular weight excluding hydrogens is 446 g/mol. The van der Waals surface area contributed by atoms with Gasteiger partial charge in [0.15, 0.2) is 0 Å². The standard InChI is InChI=1S/C21H18ClNO7S/c1-3-11(2)29-18(24)10-23-19(25)17(31-21(23)28)9-13-5-7-16(30-13)14-8-12(20(26)27)4-6-15(14)22/h4-9,11H,3,10H2,1-2H3,(H,26,27)/b17-9-/t11-/m1/s1. The average Bonchev–Trinajstić information content (AvgIpc) is 3.28. The van der Waals surface area contributed by atoms with E-state index in [1.165, 1.54) is 24.3 Å². The van der Waals surface area contributed by atoms with E-state index >= 15 is 0 Å². The molecule has 2 heterocycles. The number of carbonyl (C=O) groups excluding carboxylic acids is 3. The van der Waals surface area contributed by atoms with E-state index in [4.69, 9.17) is 25.9 Å². The van der Waals surface area contributed by atoms with Crippen LogP contribution in [-0.4, -0.2) is 45.7 Å². The molecule has 0 unspecified atom stereocenters. The number of hydrogen-bond acceptors (Lipinski definition) is 7. The second-order valence-corrected chi connectivity index (χ2v) is 8.08. The third-order valence-electron chi connectivity index (χ3n) is 4.45. The SMILES string of the molecule is CC[C@@H](C)OC(=O)CN1C(=O)S/C(=C\c2ccc(-c3cc(C(=O)O)ccc3Cl)o2)C1=O. The van der Waals surface area contributed by atoms with Gasteiger partial charge in [0.2, 0.25) is 0 Å². The van der Waals surface area contributed by atoms with Crippen molar-refractivity contribution >= 4 is 52.5 Å². The number of thioether (sulfide) groups is 1. The number of carboxylic acids is 1. The Labute approximate surface area is 186 Å². The lowest BCUT2D eigenvalue weighted by Crippen LogP contribution is -2.35. The summed E-state index contributed by atoms with van der Waals surface area (Å²) < 4.78 is 10.8. The number of imide groups is 1. The van der Waals surface area contributed by atoms with Gasteiger partial charge >= 0.3 is 11.9 Å². The van der Waals surface area contributed by atoms with Crippen LogP contribution >= 0.6 is 23.4 Å². The number of carboxylic acid groups (broad SMARTS) is 1. The molecule has 0 aliphatic carbocycles. The molecule has 0 bridgehead atoms. The molecule has 2 amide bonds. The van der Waals surface area contributed by atoms with E-state index in [-0.39, 0.29) is 22.3 Å². The van der Waals surface area contributed by atoms with Gasteiger partial charge in [0, 0.05) is 11.6 Å². The molecule has 31 heavy (non-hydrogen) atoms. The summed E-state index contributed by atoms with van der Waals surface area (Å²) in [6.45, 7) is 3.11. The zero-order valence-corrected chi connectivity index (χ0v) is 18.2. The Morgan fingerprint density at radius 2 is 2.03 bits per heavy atom. The Bertz CT molecular complexity index is 1090. The topological polar surface area (TPSA) is 114 Å². The predicted molar refractivity (Wildman–Crippen MR) is 115 cm³/mol. The van der Waals surface area contributed by atoms with Crippen LogP contribution in [0.1, 0.15) is 36.4 Å². The number of carbonyl (C=O) groups is 4. The summed E-state index contributed by atoms with van der Waals surface area (Å²) in [6, 6.07) is 7.34. The molecule has 1 aromatic heterocycles. The van der Waals surface area contributed by atoms with Gasteiger partial charge in [-0.05, 0) is 55.4 Å². The molecule has 1 saturated heterocycles. The first kappa shape index (κ1) is 22.6. The third-order valence-corrected chi connectivity index (χ3v) is 5.68. The minimum Gasteiger partial charge on any atom is -0.478 e. The summed E-state index contributed by atoms with van der Waals surface area (Å²) in [6.07, 6.45) is 1.69. The number of ether oxygens (including phenoxy) is 1. The fourth-order valence-electron chi connectivity index (χ4n) is 2.66. The first-order valence-corrected chi connectivity index (χ1v) is 10.5. The highest BCUT2D eigenvalue weighted by molar-refractivity contribution is 8.18. The van der Waals surface area contributed by atoms with E-state index in [1.807, 2.05) is 6.92 Å². The molecule has 3 rings (SSSR count). The smallest absolute Gasteiger partial charge is 0.335 e. The number of amides is 2. The molecule has 0 saturated carbocycles. The lowest BCUT2D eigenvalue weighted by Gasteiger charge is -2.14. The van der Waals surface area contributed by atoms with Crippen LogP contribution < -0.4 is 0 Å². The predicted octanol–water partition coefficient (Wildman–Crippen LogP) is 4.68. The van der Waals surface area contributed by atoms with Crippen molar-refractivity contribution < 1.29 is 33.4 Å². The number of benzene rings is 1. The molecule has 1 aliphatic rings. The number of aromatic carboxylic acids is 1. The van der Waals surface area contributed by atoms with E-state index in [0.717, 1.165) is 4.90 Å². The largest absolute Gasteiger partial charge is 0.478 e. The minimum absolute atomic E-state index is 0.0442. The molecule has 1 atom stereocenters. The highest BCUT2D eigenvalue weighted by Crippen LogP contribution is 2.35. The van der Waals surface area contributed by atoms with Gasteiger partial charge in [-0.2, -0.15) is 0 Å². The molecule has 1 N–H and O–H groups in total. The van der Waals surface area contributed by atoms with Crippen LogP contribution in [0, 0.1) is 0 Å². The van der Waals surface area contributed by atoms with Gasteiger partial charge in [-0.3, -0.25) is 19.3 Å². The summed E-state index contributed by atoms with van der Waals surface area (Å²) in [5, 5.41) is 8.87. The van der Waals surface area contributed by atoms with Crippen LogP contribution in [0.3, 0.4) is 0 Å². The fraction of sp³-hybridized carbons (Fsp3) is 0.238. The maximum absolute atomic E-state index is 12.5. The zero-order chi connectivity index (χ0) is 22.7. The lowest BCUT2D eigenvalue weighted by atomic mass is 10.1. The molecule has 1 aromatic carbocycles. The van der Waals surface area contributed by atoms with Gasteiger partial charge in [-0.25, -0.2) is 4.79 Å². The molecule has 0 radical (unpaired) electrons. The third kappa shape index (κ3) is 5.18. The normalized spacial score (nSPS) is 16.1. The molecule has 162 valence electrons. The zero-order valence-electron chi connectivity index (χ0n) is 16.6. The monoisotopic (exact) mass is 463 g/mol. The van der Waals surface area contributed by atoms with Crippen LogP contribution in [0.4, 0.5) is 4.79 Å². The lowest BCUT2D eigenvalue weighted by molar-refractivity contribution is -0.150. The molecule has 1 fully saturated rings. The van der Waals surface area contributed by atoms with E-state index in [0.29, 0.717) is 34.5 Å². The first-order valence-electron chi connectivity index (χ1n) is 9.27. The van der Waals surface area contributed by atoms with Crippen molar-refractivity contribution in [2.75, 3.05) is 6.54 Å². The van der Waals surface area contributed by atoms with E-state index in [9.17, 15) is 19.2 Å². The second kappa shape index (κ2) is 9.40.